The van der Waals surface area contributed by atoms with Crippen LogP contribution in [-0.2, 0) is 6.54 Å². The molecule has 1 N–H and O–H groups in total. The topological polar surface area (TPSA) is 58.6 Å². The fraction of sp³-hybridized carbons (Fsp3) is 0.364. The van der Waals surface area contributed by atoms with E-state index in [1.807, 2.05) is 0 Å². The Morgan fingerprint density at radius 2 is 1.82 bits per heavy atom. The highest BCUT2D eigenvalue weighted by Crippen LogP contribution is 2.23. The third-order valence-corrected chi connectivity index (χ3v) is 5.19. The molecule has 0 saturated carbocycles. The fourth-order valence-electron chi connectivity index (χ4n) is 3.44. The quantitative estimate of drug-likeness (QED) is 0.794. The summed E-state index contributed by atoms with van der Waals surface area (Å²) in [6, 6.07) is 11.8. The number of hydrogen-bond donors (Lipinski definition) is 1. The number of halogens is 1. The molecule has 1 fully saturated rings. The van der Waals surface area contributed by atoms with E-state index in [1.165, 1.54) is 6.07 Å². The van der Waals surface area contributed by atoms with Crippen molar-refractivity contribution < 1.29 is 18.7 Å². The molecule has 2 aromatic carbocycles. The highest BCUT2D eigenvalue weighted by Gasteiger charge is 2.27. The number of likely N-dealkylation sites (tertiary alicyclic amines) is 1. The summed E-state index contributed by atoms with van der Waals surface area (Å²) in [6.45, 7) is 3.14. The van der Waals surface area contributed by atoms with Gasteiger partial charge in [0.2, 0.25) is 0 Å². The first-order valence-electron chi connectivity index (χ1n) is 9.44. The van der Waals surface area contributed by atoms with Crippen molar-refractivity contribution >= 4 is 11.8 Å². The normalized spacial score (nSPS) is 14.6. The maximum atomic E-state index is 13.3. The first kappa shape index (κ1) is 19.9. The SMILES string of the molecule is COc1ccc(C(=O)C2CCN(C(=O)NCc3ccc(F)c(C)c3)CC2)cc1. The smallest absolute Gasteiger partial charge is 0.317 e. The number of rotatable bonds is 5. The van der Waals surface area contributed by atoms with Crippen molar-refractivity contribution in [3.8, 4) is 5.75 Å². The number of Topliss-reactive ketones (excluding diaryl/α,β-unsaturated/α-hetero) is 1. The van der Waals surface area contributed by atoms with Crippen molar-refractivity contribution in [2.24, 2.45) is 5.92 Å². The highest BCUT2D eigenvalue weighted by atomic mass is 19.1. The summed E-state index contributed by atoms with van der Waals surface area (Å²) >= 11 is 0. The van der Waals surface area contributed by atoms with Crippen LogP contribution in [0.1, 0.15) is 34.3 Å². The minimum Gasteiger partial charge on any atom is -0.497 e. The van der Waals surface area contributed by atoms with Crippen LogP contribution in [0.4, 0.5) is 9.18 Å². The number of urea groups is 1. The molecule has 0 atom stereocenters. The Labute approximate surface area is 164 Å². The summed E-state index contributed by atoms with van der Waals surface area (Å²) in [6.07, 6.45) is 1.29. The molecule has 1 saturated heterocycles. The van der Waals surface area contributed by atoms with E-state index in [-0.39, 0.29) is 23.5 Å². The monoisotopic (exact) mass is 384 g/mol. The summed E-state index contributed by atoms with van der Waals surface area (Å²) in [5, 5.41) is 2.87. The van der Waals surface area contributed by atoms with Crippen LogP contribution in [0.15, 0.2) is 42.5 Å². The molecule has 28 heavy (non-hydrogen) atoms. The molecule has 148 valence electrons. The number of amides is 2. The number of aryl methyl sites for hydroxylation is 1. The minimum absolute atomic E-state index is 0.0720. The molecule has 5 nitrogen and oxygen atoms in total. The third-order valence-electron chi connectivity index (χ3n) is 5.19. The predicted octanol–water partition coefficient (Wildman–Crippen LogP) is 3.95. The van der Waals surface area contributed by atoms with Crippen molar-refractivity contribution in [3.05, 3.63) is 65.0 Å². The Morgan fingerprint density at radius 3 is 2.43 bits per heavy atom. The zero-order valence-electron chi connectivity index (χ0n) is 16.2. The number of carbonyl (C=O) groups excluding carboxylic acids is 2. The molecule has 0 spiro atoms. The Bertz CT molecular complexity index is 843. The number of ether oxygens (including phenoxy) is 1. The van der Waals surface area contributed by atoms with Crippen LogP contribution in [0, 0.1) is 18.7 Å². The Kier molecular flexibility index (Phi) is 6.29. The van der Waals surface area contributed by atoms with Gasteiger partial charge in [-0.3, -0.25) is 4.79 Å². The molecule has 2 aromatic rings. The Hall–Kier alpha value is -2.89. The molecule has 0 radical (unpaired) electrons. The molecular weight excluding hydrogens is 359 g/mol. The van der Waals surface area contributed by atoms with Gasteiger partial charge in [0, 0.05) is 31.1 Å². The lowest BCUT2D eigenvalue weighted by Gasteiger charge is -2.31. The molecule has 2 amide bonds. The number of nitrogens with zero attached hydrogens (tertiary/aromatic N) is 1. The number of benzene rings is 2. The molecule has 6 heteroatoms. The molecule has 1 heterocycles. The molecule has 0 aliphatic carbocycles. The average molecular weight is 384 g/mol. The van der Waals surface area contributed by atoms with Gasteiger partial charge in [-0.25, -0.2) is 9.18 Å². The predicted molar refractivity (Wildman–Crippen MR) is 105 cm³/mol. The van der Waals surface area contributed by atoms with Crippen LogP contribution >= 0.6 is 0 Å². The third kappa shape index (κ3) is 4.68. The highest BCUT2D eigenvalue weighted by molar-refractivity contribution is 5.98. The zero-order chi connectivity index (χ0) is 20.1. The van der Waals surface area contributed by atoms with E-state index in [2.05, 4.69) is 5.32 Å². The van der Waals surface area contributed by atoms with Crippen LogP contribution in [0.2, 0.25) is 0 Å². The summed E-state index contributed by atoms with van der Waals surface area (Å²) in [5.41, 5.74) is 2.09. The molecule has 0 bridgehead atoms. The standard InChI is InChI=1S/C22H25FN2O3/c1-15-13-16(3-8-20(15)23)14-24-22(27)25-11-9-18(10-12-25)21(26)17-4-6-19(28-2)7-5-17/h3-8,13,18H,9-12,14H2,1-2H3,(H,24,27). The van der Waals surface area contributed by atoms with Gasteiger partial charge in [0.25, 0.3) is 0 Å². The number of carbonyl (C=O) groups is 2. The number of piperidine rings is 1. The van der Waals surface area contributed by atoms with Crippen LogP contribution in [-0.4, -0.2) is 36.9 Å². The van der Waals surface area contributed by atoms with Crippen LogP contribution < -0.4 is 10.1 Å². The first-order chi connectivity index (χ1) is 13.5. The van der Waals surface area contributed by atoms with E-state index in [9.17, 15) is 14.0 Å². The maximum absolute atomic E-state index is 13.3. The van der Waals surface area contributed by atoms with Gasteiger partial charge in [-0.15, -0.1) is 0 Å². The van der Waals surface area contributed by atoms with E-state index in [0.717, 1.165) is 11.3 Å². The lowest BCUT2D eigenvalue weighted by molar-refractivity contribution is 0.0854. The van der Waals surface area contributed by atoms with E-state index >= 15 is 0 Å². The molecule has 0 unspecified atom stereocenters. The van der Waals surface area contributed by atoms with Gasteiger partial charge >= 0.3 is 6.03 Å². The van der Waals surface area contributed by atoms with E-state index in [1.54, 1.807) is 55.3 Å². The van der Waals surface area contributed by atoms with Crippen LogP contribution in [0.3, 0.4) is 0 Å². The van der Waals surface area contributed by atoms with Gasteiger partial charge in [-0.1, -0.05) is 12.1 Å². The summed E-state index contributed by atoms with van der Waals surface area (Å²) in [5.74, 6) is 0.514. The Morgan fingerprint density at radius 1 is 1.14 bits per heavy atom. The number of ketones is 1. The van der Waals surface area contributed by atoms with Gasteiger partial charge in [0.1, 0.15) is 11.6 Å². The Balaban J connectivity index is 1.49. The van der Waals surface area contributed by atoms with Gasteiger partial charge in [0.05, 0.1) is 7.11 Å². The average Bonchev–Trinajstić information content (AvgIpc) is 2.74. The van der Waals surface area contributed by atoms with Crippen LogP contribution in [0.25, 0.3) is 0 Å². The summed E-state index contributed by atoms with van der Waals surface area (Å²) < 4.78 is 18.4. The summed E-state index contributed by atoms with van der Waals surface area (Å²) in [7, 11) is 1.59. The molecule has 1 aliphatic heterocycles. The van der Waals surface area contributed by atoms with E-state index in [4.69, 9.17) is 4.74 Å². The largest absolute Gasteiger partial charge is 0.497 e. The summed E-state index contributed by atoms with van der Waals surface area (Å²) in [4.78, 5) is 26.8. The second-order valence-electron chi connectivity index (χ2n) is 7.10. The molecular formula is C22H25FN2O3. The molecule has 3 rings (SSSR count). The van der Waals surface area contributed by atoms with Gasteiger partial charge < -0.3 is 15.0 Å². The van der Waals surface area contributed by atoms with E-state index < -0.39 is 0 Å². The van der Waals surface area contributed by atoms with Crippen molar-refractivity contribution in [3.63, 3.8) is 0 Å². The van der Waals surface area contributed by atoms with E-state index in [0.29, 0.717) is 43.6 Å². The van der Waals surface area contributed by atoms with Gasteiger partial charge in [0.15, 0.2) is 5.78 Å². The number of nitrogens with one attached hydrogen (secondary N) is 1. The fourth-order valence-corrected chi connectivity index (χ4v) is 3.44. The first-order valence-corrected chi connectivity index (χ1v) is 9.44. The van der Waals surface area contributed by atoms with Gasteiger partial charge in [-0.05, 0) is 61.2 Å². The lowest BCUT2D eigenvalue weighted by Crippen LogP contribution is -2.45. The minimum atomic E-state index is -0.251. The number of methoxy groups -OCH3 is 1. The van der Waals surface area contributed by atoms with Crippen molar-refractivity contribution in [2.45, 2.75) is 26.3 Å². The van der Waals surface area contributed by atoms with Crippen molar-refractivity contribution in [1.29, 1.82) is 0 Å². The van der Waals surface area contributed by atoms with Crippen LogP contribution in [0.5, 0.6) is 5.75 Å². The van der Waals surface area contributed by atoms with Crippen molar-refractivity contribution in [2.75, 3.05) is 20.2 Å². The second kappa shape index (κ2) is 8.87. The molecule has 0 aromatic heterocycles. The number of hydrogen-bond acceptors (Lipinski definition) is 3. The lowest BCUT2D eigenvalue weighted by atomic mass is 9.89. The maximum Gasteiger partial charge on any atom is 0.317 e. The van der Waals surface area contributed by atoms with Gasteiger partial charge in [-0.2, -0.15) is 0 Å². The molecule has 1 aliphatic rings. The zero-order valence-corrected chi connectivity index (χ0v) is 16.2. The second-order valence-corrected chi connectivity index (χ2v) is 7.10. The van der Waals surface area contributed by atoms with Crippen molar-refractivity contribution in [1.82, 2.24) is 10.2 Å².